The first kappa shape index (κ1) is 34.0. The van der Waals surface area contributed by atoms with Gasteiger partial charge in [-0.1, -0.05) is 121 Å². The smallest absolute Gasteiger partial charge is 0.200 e. The summed E-state index contributed by atoms with van der Waals surface area (Å²) in [6, 6.07) is 51.5. The molecule has 0 saturated heterocycles. The molecule has 272 valence electrons. The summed E-state index contributed by atoms with van der Waals surface area (Å²) in [6.07, 6.45) is 0. The maximum Gasteiger partial charge on any atom is 0.200 e. The molecule has 0 aliphatic rings. The van der Waals surface area contributed by atoms with E-state index in [9.17, 15) is 9.65 Å². The molecule has 3 nitrogen and oxygen atoms in total. The molecule has 0 aliphatic carbocycles. The van der Waals surface area contributed by atoms with Gasteiger partial charge in [0.2, 0.25) is 5.82 Å². The minimum absolute atomic E-state index is 0.114. The average molecular weight is 752 g/mol. The third-order valence-electron chi connectivity index (χ3n) is 10.8. The third kappa shape index (κ3) is 5.16. The maximum atomic E-state index is 15.9. The zero-order chi connectivity index (χ0) is 38.9. The summed E-state index contributed by atoms with van der Waals surface area (Å²) in [5, 5.41) is 14.6. The molecule has 0 atom stereocenters. The highest BCUT2D eigenvalue weighted by atomic mass is 19.2. The fourth-order valence-electron chi connectivity index (χ4n) is 8.16. The van der Waals surface area contributed by atoms with E-state index in [-0.39, 0.29) is 22.5 Å². The van der Waals surface area contributed by atoms with Gasteiger partial charge < -0.3 is 9.13 Å². The number of rotatable bonds is 5. The first-order chi connectivity index (χ1) is 27.8. The minimum Gasteiger partial charge on any atom is -0.308 e. The molecule has 2 aromatic heterocycles. The van der Waals surface area contributed by atoms with Crippen LogP contribution in [0.5, 0.6) is 0 Å². The summed E-state index contributed by atoms with van der Waals surface area (Å²) in [4.78, 5) is 0. The van der Waals surface area contributed by atoms with Crippen molar-refractivity contribution in [3.63, 3.8) is 0 Å². The monoisotopic (exact) mass is 751 g/mol. The van der Waals surface area contributed by atoms with Crippen molar-refractivity contribution in [3.8, 4) is 50.8 Å². The second-order valence-electron chi connectivity index (χ2n) is 13.8. The standard InChI is InChI=1S/C49H26F5N3/c50-45-44(46(51)48(53)49(54)47(45)52)32-25-42(56-38-17-9-7-15-33(38)35-21-19-30(23-40(35)56)28-11-3-1-4-12-28)37(27-55)43(26-32)57-39-18-10-8-16-34(39)36-22-20-31(24-41(36)57)29-13-5-2-6-14-29/h1-26H. The van der Waals surface area contributed by atoms with E-state index in [0.717, 1.165) is 43.8 Å². The van der Waals surface area contributed by atoms with Crippen molar-refractivity contribution in [2.24, 2.45) is 0 Å². The van der Waals surface area contributed by atoms with Crippen LogP contribution in [-0.2, 0) is 0 Å². The quantitative estimate of drug-likeness (QED) is 0.0979. The Kier molecular flexibility index (Phi) is 7.80. The Morgan fingerprint density at radius 3 is 1.18 bits per heavy atom. The fourth-order valence-corrected chi connectivity index (χ4v) is 8.16. The largest absolute Gasteiger partial charge is 0.308 e. The van der Waals surface area contributed by atoms with E-state index in [1.54, 1.807) is 0 Å². The third-order valence-corrected chi connectivity index (χ3v) is 10.8. The molecule has 0 fully saturated rings. The van der Waals surface area contributed by atoms with Crippen LogP contribution in [0.2, 0.25) is 0 Å². The first-order valence-electron chi connectivity index (χ1n) is 18.1. The van der Waals surface area contributed by atoms with E-state index >= 15 is 17.6 Å². The zero-order valence-electron chi connectivity index (χ0n) is 29.7. The Bertz CT molecular complexity index is 3100. The molecular formula is C49H26F5N3. The molecule has 10 rings (SSSR count). The molecular weight excluding hydrogens is 726 g/mol. The lowest BCUT2D eigenvalue weighted by Gasteiger charge is -2.19. The average Bonchev–Trinajstić information content (AvgIpc) is 3.77. The van der Waals surface area contributed by atoms with Gasteiger partial charge in [-0.2, -0.15) is 5.26 Å². The molecule has 0 aliphatic heterocycles. The fraction of sp³-hybridized carbons (Fsp3) is 0. The molecule has 2 heterocycles. The number of para-hydroxylation sites is 2. The van der Waals surface area contributed by atoms with E-state index in [1.807, 2.05) is 155 Å². The van der Waals surface area contributed by atoms with Gasteiger partial charge in [0.05, 0.1) is 39.0 Å². The van der Waals surface area contributed by atoms with Crippen molar-refractivity contribution in [2.75, 3.05) is 0 Å². The first-order valence-corrected chi connectivity index (χ1v) is 18.1. The lowest BCUT2D eigenvalue weighted by molar-refractivity contribution is 0.381. The number of aromatic nitrogens is 2. The van der Waals surface area contributed by atoms with Gasteiger partial charge in [-0.25, -0.2) is 22.0 Å². The summed E-state index contributed by atoms with van der Waals surface area (Å²) in [5.74, 6) is -10.3. The predicted octanol–water partition coefficient (Wildman–Crippen LogP) is 13.4. The van der Waals surface area contributed by atoms with Crippen LogP contribution in [0.1, 0.15) is 5.56 Å². The van der Waals surface area contributed by atoms with E-state index < -0.39 is 34.6 Å². The SMILES string of the molecule is N#Cc1c(-n2c3ccccc3c3ccc(-c4ccccc4)cc32)cc(-c2c(F)c(F)c(F)c(F)c2F)cc1-n1c2ccccc2c2ccc(-c3ccccc3)cc21. The van der Waals surface area contributed by atoms with Crippen molar-refractivity contribution >= 4 is 43.6 Å². The van der Waals surface area contributed by atoms with Gasteiger partial charge in [-0.3, -0.25) is 0 Å². The molecule has 0 amide bonds. The van der Waals surface area contributed by atoms with Gasteiger partial charge >= 0.3 is 0 Å². The molecule has 0 bridgehead atoms. The summed E-state index contributed by atoms with van der Waals surface area (Å²) in [6.45, 7) is 0. The van der Waals surface area contributed by atoms with Gasteiger partial charge in [0, 0.05) is 21.5 Å². The number of fused-ring (bicyclic) bond motifs is 6. The second-order valence-corrected chi connectivity index (χ2v) is 13.8. The Hall–Kier alpha value is -7.50. The van der Waals surface area contributed by atoms with Crippen LogP contribution in [0.25, 0.3) is 88.4 Å². The van der Waals surface area contributed by atoms with Crippen molar-refractivity contribution in [1.29, 1.82) is 5.26 Å². The molecule has 10 aromatic rings. The highest BCUT2D eigenvalue weighted by Crippen LogP contribution is 2.43. The van der Waals surface area contributed by atoms with E-state index in [4.69, 9.17) is 0 Å². The summed E-state index contributed by atoms with van der Waals surface area (Å²) < 4.78 is 80.0. The Morgan fingerprint density at radius 2 is 0.737 bits per heavy atom. The number of halogens is 5. The van der Waals surface area contributed by atoms with Crippen molar-refractivity contribution in [3.05, 3.63) is 192 Å². The normalized spacial score (nSPS) is 11.6. The van der Waals surface area contributed by atoms with Gasteiger partial charge in [0.1, 0.15) is 11.6 Å². The molecule has 0 spiro atoms. The molecule has 8 aromatic carbocycles. The minimum atomic E-state index is -2.26. The maximum absolute atomic E-state index is 15.9. The van der Waals surface area contributed by atoms with Crippen molar-refractivity contribution < 1.29 is 22.0 Å². The van der Waals surface area contributed by atoms with Crippen LogP contribution >= 0.6 is 0 Å². The van der Waals surface area contributed by atoms with Crippen LogP contribution in [0.4, 0.5) is 22.0 Å². The van der Waals surface area contributed by atoms with Gasteiger partial charge in [0.15, 0.2) is 23.3 Å². The zero-order valence-corrected chi connectivity index (χ0v) is 29.7. The lowest BCUT2D eigenvalue weighted by atomic mass is 9.98. The van der Waals surface area contributed by atoms with Crippen molar-refractivity contribution in [2.45, 2.75) is 0 Å². The lowest BCUT2D eigenvalue weighted by Crippen LogP contribution is -2.08. The van der Waals surface area contributed by atoms with Gasteiger partial charge in [0.25, 0.3) is 0 Å². The highest BCUT2D eigenvalue weighted by molar-refractivity contribution is 6.12. The van der Waals surface area contributed by atoms with Crippen LogP contribution in [0, 0.1) is 40.4 Å². The van der Waals surface area contributed by atoms with Crippen LogP contribution in [-0.4, -0.2) is 9.13 Å². The van der Waals surface area contributed by atoms with Crippen LogP contribution in [0.15, 0.2) is 158 Å². The van der Waals surface area contributed by atoms with Gasteiger partial charge in [-0.05, 0) is 64.2 Å². The van der Waals surface area contributed by atoms with Crippen molar-refractivity contribution in [1.82, 2.24) is 9.13 Å². The van der Waals surface area contributed by atoms with E-state index in [0.29, 0.717) is 22.1 Å². The summed E-state index contributed by atoms with van der Waals surface area (Å²) >= 11 is 0. The van der Waals surface area contributed by atoms with Gasteiger partial charge in [-0.15, -0.1) is 0 Å². The summed E-state index contributed by atoms with van der Waals surface area (Å²) in [5.41, 5.74) is 5.39. The molecule has 8 heteroatoms. The predicted molar refractivity (Wildman–Crippen MR) is 216 cm³/mol. The number of nitrogens with zero attached hydrogens (tertiary/aromatic N) is 3. The molecule has 0 saturated carbocycles. The number of hydrogen-bond acceptors (Lipinski definition) is 1. The summed E-state index contributed by atoms with van der Waals surface area (Å²) in [7, 11) is 0. The molecule has 57 heavy (non-hydrogen) atoms. The molecule has 0 unspecified atom stereocenters. The topological polar surface area (TPSA) is 33.6 Å². The number of hydrogen-bond donors (Lipinski definition) is 0. The van der Waals surface area contributed by atoms with Crippen LogP contribution < -0.4 is 0 Å². The van der Waals surface area contributed by atoms with Crippen LogP contribution in [0.3, 0.4) is 0 Å². The Balaban J connectivity index is 1.38. The molecule has 0 N–H and O–H groups in total. The number of benzene rings is 8. The highest BCUT2D eigenvalue weighted by Gasteiger charge is 2.29. The Labute approximate surface area is 322 Å². The van der Waals surface area contributed by atoms with E-state index in [1.165, 1.54) is 12.1 Å². The number of nitriles is 1. The van der Waals surface area contributed by atoms with E-state index in [2.05, 4.69) is 6.07 Å². The second kappa shape index (κ2) is 13.1. The molecule has 0 radical (unpaired) electrons. The Morgan fingerprint density at radius 1 is 0.351 bits per heavy atom.